The second kappa shape index (κ2) is 10.1. The first-order valence-corrected chi connectivity index (χ1v) is 9.11. The van der Waals surface area contributed by atoms with Gasteiger partial charge in [0.15, 0.2) is 5.96 Å². The Hall–Kier alpha value is -0.810. The normalized spacial score (nSPS) is 26.5. The molecule has 0 bridgehead atoms. The van der Waals surface area contributed by atoms with Gasteiger partial charge in [-0.2, -0.15) is 0 Å². The molecular formula is C17H33N3O2. The Labute approximate surface area is 135 Å². The van der Waals surface area contributed by atoms with Crippen LogP contribution in [0, 0.1) is 0 Å². The molecule has 2 heterocycles. The van der Waals surface area contributed by atoms with Gasteiger partial charge >= 0.3 is 0 Å². The lowest BCUT2D eigenvalue weighted by molar-refractivity contribution is -0.0817. The van der Waals surface area contributed by atoms with Gasteiger partial charge in [0.05, 0.1) is 12.7 Å². The number of nitrogens with one attached hydrogen (secondary N) is 1. The van der Waals surface area contributed by atoms with Gasteiger partial charge in [-0.3, -0.25) is 4.99 Å². The Morgan fingerprint density at radius 2 is 2.00 bits per heavy atom. The minimum atomic E-state index is 0.195. The van der Waals surface area contributed by atoms with E-state index in [-0.39, 0.29) is 12.2 Å². The van der Waals surface area contributed by atoms with Gasteiger partial charge in [0.2, 0.25) is 0 Å². The standard InChI is InChI=1S/C17H33N3O2/c1-3-5-6-7-10-19-17(18-4-2)20-11-13-22-16(14-20)15-9-8-12-21-15/h15-16H,3-14H2,1-2H3,(H,18,19). The highest BCUT2D eigenvalue weighted by molar-refractivity contribution is 5.80. The molecule has 0 aromatic rings. The summed E-state index contributed by atoms with van der Waals surface area (Å²) in [5, 5.41) is 3.43. The van der Waals surface area contributed by atoms with Crippen LogP contribution in [0.15, 0.2) is 4.99 Å². The smallest absolute Gasteiger partial charge is 0.194 e. The van der Waals surface area contributed by atoms with E-state index in [0.29, 0.717) is 0 Å². The lowest BCUT2D eigenvalue weighted by Crippen LogP contribution is -2.53. The van der Waals surface area contributed by atoms with E-state index in [1.807, 2.05) is 0 Å². The van der Waals surface area contributed by atoms with Crippen LogP contribution in [0.1, 0.15) is 52.4 Å². The SMILES string of the molecule is CCCCCCN=C(NCC)N1CCOC(C2CCCO2)C1. The fourth-order valence-electron chi connectivity index (χ4n) is 3.14. The van der Waals surface area contributed by atoms with Crippen molar-refractivity contribution in [2.75, 3.05) is 39.4 Å². The fourth-order valence-corrected chi connectivity index (χ4v) is 3.14. The van der Waals surface area contributed by atoms with Crippen molar-refractivity contribution in [3.05, 3.63) is 0 Å². The van der Waals surface area contributed by atoms with Gasteiger partial charge in [-0.1, -0.05) is 26.2 Å². The minimum absolute atomic E-state index is 0.195. The third-order valence-corrected chi connectivity index (χ3v) is 4.38. The highest BCUT2D eigenvalue weighted by Crippen LogP contribution is 2.21. The molecule has 5 heteroatoms. The number of rotatable bonds is 7. The average Bonchev–Trinajstić information content (AvgIpc) is 3.08. The zero-order valence-corrected chi connectivity index (χ0v) is 14.4. The van der Waals surface area contributed by atoms with E-state index < -0.39 is 0 Å². The molecule has 2 aliphatic rings. The first-order chi connectivity index (χ1) is 10.8. The Morgan fingerprint density at radius 3 is 2.73 bits per heavy atom. The van der Waals surface area contributed by atoms with E-state index >= 15 is 0 Å². The van der Waals surface area contributed by atoms with Gasteiger partial charge < -0.3 is 19.7 Å². The average molecular weight is 311 g/mol. The van der Waals surface area contributed by atoms with Crippen LogP contribution >= 0.6 is 0 Å². The van der Waals surface area contributed by atoms with Gasteiger partial charge in [0, 0.05) is 32.8 Å². The number of morpholine rings is 1. The summed E-state index contributed by atoms with van der Waals surface area (Å²) >= 11 is 0. The van der Waals surface area contributed by atoms with Crippen LogP contribution in [0.4, 0.5) is 0 Å². The summed E-state index contributed by atoms with van der Waals surface area (Å²) < 4.78 is 11.7. The maximum absolute atomic E-state index is 5.93. The molecule has 2 saturated heterocycles. The zero-order valence-electron chi connectivity index (χ0n) is 14.4. The molecule has 2 atom stereocenters. The van der Waals surface area contributed by atoms with E-state index in [1.54, 1.807) is 0 Å². The fraction of sp³-hybridized carbons (Fsp3) is 0.941. The largest absolute Gasteiger partial charge is 0.375 e. The molecule has 0 amide bonds. The molecule has 5 nitrogen and oxygen atoms in total. The Morgan fingerprint density at radius 1 is 1.14 bits per heavy atom. The maximum Gasteiger partial charge on any atom is 0.194 e. The van der Waals surface area contributed by atoms with Gasteiger partial charge in [0.25, 0.3) is 0 Å². The summed E-state index contributed by atoms with van der Waals surface area (Å²) in [6, 6.07) is 0. The highest BCUT2D eigenvalue weighted by atomic mass is 16.5. The second-order valence-corrected chi connectivity index (χ2v) is 6.20. The molecule has 2 aliphatic heterocycles. The quantitative estimate of drug-likeness (QED) is 0.445. The van der Waals surface area contributed by atoms with Crippen LogP contribution in [-0.2, 0) is 9.47 Å². The van der Waals surface area contributed by atoms with E-state index in [9.17, 15) is 0 Å². The van der Waals surface area contributed by atoms with Gasteiger partial charge in [-0.25, -0.2) is 0 Å². The van der Waals surface area contributed by atoms with Crippen molar-refractivity contribution in [1.82, 2.24) is 10.2 Å². The van der Waals surface area contributed by atoms with Crippen molar-refractivity contribution in [3.8, 4) is 0 Å². The topological polar surface area (TPSA) is 46.1 Å². The molecule has 0 radical (unpaired) electrons. The Balaban J connectivity index is 1.84. The van der Waals surface area contributed by atoms with E-state index in [2.05, 4.69) is 24.1 Å². The zero-order chi connectivity index (χ0) is 15.6. The minimum Gasteiger partial charge on any atom is -0.375 e. The molecule has 0 saturated carbocycles. The number of unbranched alkanes of at least 4 members (excludes halogenated alkanes) is 3. The molecular weight excluding hydrogens is 278 g/mol. The molecule has 0 spiro atoms. The summed E-state index contributed by atoms with van der Waals surface area (Å²) in [7, 11) is 0. The maximum atomic E-state index is 5.93. The van der Waals surface area contributed by atoms with Gasteiger partial charge in [0.1, 0.15) is 6.10 Å². The summed E-state index contributed by atoms with van der Waals surface area (Å²) in [6.07, 6.45) is 7.80. The first-order valence-electron chi connectivity index (χ1n) is 9.11. The van der Waals surface area contributed by atoms with Crippen LogP contribution in [0.3, 0.4) is 0 Å². The Bertz CT molecular complexity index is 330. The first kappa shape index (κ1) is 17.5. The number of hydrogen-bond donors (Lipinski definition) is 1. The highest BCUT2D eigenvalue weighted by Gasteiger charge is 2.32. The van der Waals surface area contributed by atoms with Gasteiger partial charge in [-0.05, 0) is 26.2 Å². The molecule has 128 valence electrons. The molecule has 2 rings (SSSR count). The third kappa shape index (κ3) is 5.43. The van der Waals surface area contributed by atoms with Crippen LogP contribution in [0.5, 0.6) is 0 Å². The van der Waals surface area contributed by atoms with Crippen molar-refractivity contribution < 1.29 is 9.47 Å². The van der Waals surface area contributed by atoms with E-state index in [1.165, 1.54) is 25.7 Å². The number of nitrogens with zero attached hydrogens (tertiary/aromatic N) is 2. The molecule has 2 unspecified atom stereocenters. The van der Waals surface area contributed by atoms with Crippen LogP contribution < -0.4 is 5.32 Å². The summed E-state index contributed by atoms with van der Waals surface area (Å²) in [5.74, 6) is 1.05. The Kier molecular flexibility index (Phi) is 8.02. The molecule has 1 N–H and O–H groups in total. The van der Waals surface area contributed by atoms with Crippen molar-refractivity contribution in [2.24, 2.45) is 4.99 Å². The monoisotopic (exact) mass is 311 g/mol. The number of hydrogen-bond acceptors (Lipinski definition) is 3. The predicted molar refractivity (Wildman–Crippen MR) is 90.4 cm³/mol. The van der Waals surface area contributed by atoms with Crippen LogP contribution in [0.25, 0.3) is 0 Å². The summed E-state index contributed by atoms with van der Waals surface area (Å²) in [4.78, 5) is 7.15. The van der Waals surface area contributed by atoms with E-state index in [4.69, 9.17) is 14.5 Å². The molecule has 2 fully saturated rings. The van der Waals surface area contributed by atoms with Crippen LogP contribution in [0.2, 0.25) is 0 Å². The predicted octanol–water partition coefficient (Wildman–Crippen LogP) is 2.41. The van der Waals surface area contributed by atoms with Crippen LogP contribution in [-0.4, -0.2) is 62.5 Å². The molecule has 22 heavy (non-hydrogen) atoms. The summed E-state index contributed by atoms with van der Waals surface area (Å²) in [5.41, 5.74) is 0. The third-order valence-electron chi connectivity index (χ3n) is 4.38. The molecule has 0 aliphatic carbocycles. The van der Waals surface area contributed by atoms with Crippen molar-refractivity contribution in [1.29, 1.82) is 0 Å². The molecule has 0 aromatic carbocycles. The second-order valence-electron chi connectivity index (χ2n) is 6.20. The number of aliphatic imine (C=N–C) groups is 1. The lowest BCUT2D eigenvalue weighted by atomic mass is 10.1. The van der Waals surface area contributed by atoms with Crippen molar-refractivity contribution in [2.45, 2.75) is 64.6 Å². The van der Waals surface area contributed by atoms with Gasteiger partial charge in [-0.15, -0.1) is 0 Å². The van der Waals surface area contributed by atoms with Crippen molar-refractivity contribution >= 4 is 5.96 Å². The molecule has 0 aromatic heterocycles. The van der Waals surface area contributed by atoms with Crippen molar-refractivity contribution in [3.63, 3.8) is 0 Å². The number of guanidine groups is 1. The lowest BCUT2D eigenvalue weighted by Gasteiger charge is -2.37. The number of ether oxygens (including phenoxy) is 2. The van der Waals surface area contributed by atoms with E-state index in [0.717, 1.165) is 58.2 Å². The summed E-state index contributed by atoms with van der Waals surface area (Å²) in [6.45, 7) is 9.67.